The van der Waals surface area contributed by atoms with E-state index in [1.54, 1.807) is 6.07 Å². The van der Waals surface area contributed by atoms with E-state index in [-0.39, 0.29) is 31.1 Å². The van der Waals surface area contributed by atoms with Crippen LogP contribution in [0.25, 0.3) is 0 Å². The molecule has 7 nitrogen and oxygen atoms in total. The molecule has 0 saturated carbocycles. The summed E-state index contributed by atoms with van der Waals surface area (Å²) in [7, 11) is -3.76. The van der Waals surface area contributed by atoms with Crippen LogP contribution in [0.2, 0.25) is 0 Å². The number of ether oxygens (including phenoxy) is 1. The molecule has 150 valence electrons. The third-order valence-corrected chi connectivity index (χ3v) is 6.76. The van der Waals surface area contributed by atoms with Crippen LogP contribution in [0.3, 0.4) is 0 Å². The van der Waals surface area contributed by atoms with Crippen LogP contribution in [0.1, 0.15) is 11.1 Å². The smallest absolute Gasteiger partial charge is 0.407 e. The third-order valence-electron chi connectivity index (χ3n) is 4.42. The fourth-order valence-corrected chi connectivity index (χ4v) is 5.25. The molecule has 0 atom stereocenters. The van der Waals surface area contributed by atoms with Gasteiger partial charge in [0.25, 0.3) is 0 Å². The average molecular weight is 469 g/mol. The number of benzene rings is 2. The number of piperazine rings is 1. The summed E-state index contributed by atoms with van der Waals surface area (Å²) in [5, 5.41) is 9.03. The molecule has 9 heteroatoms. The molecule has 3 rings (SSSR count). The number of carboxylic acid groups (broad SMARTS) is 1. The van der Waals surface area contributed by atoms with Crippen LogP contribution in [0.4, 0.5) is 4.79 Å². The quantitative estimate of drug-likeness (QED) is 0.736. The largest absolute Gasteiger partial charge is 0.465 e. The standard InChI is InChI=1S/C19H21BrN2O5S/c1-13-7-14(2)9-16(8-13)27-17-10-15(20)11-18(12-17)28(25,26)22-5-3-21(4-6-22)19(23)24/h7-12H,3-6H2,1-2H3,(H,23,24). The molecular weight excluding hydrogens is 448 g/mol. The predicted molar refractivity (Wildman–Crippen MR) is 108 cm³/mol. The van der Waals surface area contributed by atoms with E-state index in [4.69, 9.17) is 9.84 Å². The van der Waals surface area contributed by atoms with Crippen molar-refractivity contribution in [2.45, 2.75) is 18.7 Å². The van der Waals surface area contributed by atoms with Gasteiger partial charge in [0.05, 0.1) is 4.90 Å². The Morgan fingerprint density at radius 3 is 2.11 bits per heavy atom. The van der Waals surface area contributed by atoms with Crippen molar-refractivity contribution in [1.82, 2.24) is 9.21 Å². The van der Waals surface area contributed by atoms with E-state index in [0.29, 0.717) is 16.0 Å². The number of hydrogen-bond donors (Lipinski definition) is 1. The zero-order valence-corrected chi connectivity index (χ0v) is 18.0. The molecule has 2 aromatic carbocycles. The highest BCUT2D eigenvalue weighted by Gasteiger charge is 2.30. The van der Waals surface area contributed by atoms with Crippen molar-refractivity contribution in [3.8, 4) is 11.5 Å². The number of sulfonamides is 1. The van der Waals surface area contributed by atoms with Crippen LogP contribution in [-0.4, -0.2) is 55.0 Å². The van der Waals surface area contributed by atoms with Gasteiger partial charge in [-0.25, -0.2) is 13.2 Å². The molecule has 1 amide bonds. The number of halogens is 1. The average Bonchev–Trinajstić information content (AvgIpc) is 2.60. The highest BCUT2D eigenvalue weighted by Crippen LogP contribution is 2.31. The minimum Gasteiger partial charge on any atom is -0.465 e. The number of aryl methyl sites for hydroxylation is 2. The second-order valence-corrected chi connectivity index (χ2v) is 9.58. The maximum Gasteiger partial charge on any atom is 0.407 e. The summed E-state index contributed by atoms with van der Waals surface area (Å²) in [6.45, 7) is 4.46. The lowest BCUT2D eigenvalue weighted by atomic mass is 10.1. The summed E-state index contributed by atoms with van der Waals surface area (Å²) in [6.07, 6.45) is -1.04. The Labute approximate surface area is 172 Å². The maximum atomic E-state index is 13.0. The molecule has 1 heterocycles. The van der Waals surface area contributed by atoms with Gasteiger partial charge in [0.15, 0.2) is 0 Å². The van der Waals surface area contributed by atoms with Gasteiger partial charge in [-0.3, -0.25) is 0 Å². The van der Waals surface area contributed by atoms with Gasteiger partial charge < -0.3 is 14.7 Å². The Bertz CT molecular complexity index is 981. The highest BCUT2D eigenvalue weighted by molar-refractivity contribution is 9.10. The first-order valence-corrected chi connectivity index (χ1v) is 10.9. The van der Waals surface area contributed by atoms with Gasteiger partial charge >= 0.3 is 6.09 Å². The van der Waals surface area contributed by atoms with E-state index >= 15 is 0 Å². The lowest BCUT2D eigenvalue weighted by molar-refractivity contribution is 0.126. The van der Waals surface area contributed by atoms with Gasteiger partial charge in [0, 0.05) is 36.7 Å². The molecule has 0 aromatic heterocycles. The third kappa shape index (κ3) is 4.65. The zero-order chi connectivity index (χ0) is 20.5. The van der Waals surface area contributed by atoms with Crippen LogP contribution >= 0.6 is 15.9 Å². The van der Waals surface area contributed by atoms with Gasteiger partial charge in [-0.15, -0.1) is 0 Å². The second kappa shape index (κ2) is 8.10. The maximum absolute atomic E-state index is 13.0. The van der Waals surface area contributed by atoms with E-state index in [9.17, 15) is 13.2 Å². The van der Waals surface area contributed by atoms with E-state index in [2.05, 4.69) is 15.9 Å². The Hall–Kier alpha value is -2.10. The minimum absolute atomic E-state index is 0.102. The van der Waals surface area contributed by atoms with Gasteiger partial charge in [-0.2, -0.15) is 4.31 Å². The summed E-state index contributed by atoms with van der Waals surface area (Å²) in [5.74, 6) is 1.04. The van der Waals surface area contributed by atoms with E-state index < -0.39 is 16.1 Å². The first-order valence-electron chi connectivity index (χ1n) is 8.70. The molecule has 0 unspecified atom stereocenters. The predicted octanol–water partition coefficient (Wildman–Crippen LogP) is 3.84. The normalized spacial score (nSPS) is 15.5. The molecule has 1 aliphatic heterocycles. The molecular formula is C19H21BrN2O5S. The van der Waals surface area contributed by atoms with Crippen molar-refractivity contribution >= 4 is 32.0 Å². The zero-order valence-electron chi connectivity index (χ0n) is 15.6. The van der Waals surface area contributed by atoms with Crippen molar-refractivity contribution in [3.05, 3.63) is 52.0 Å². The van der Waals surface area contributed by atoms with Crippen molar-refractivity contribution in [3.63, 3.8) is 0 Å². The van der Waals surface area contributed by atoms with E-state index in [0.717, 1.165) is 11.1 Å². The summed E-state index contributed by atoms with van der Waals surface area (Å²) < 4.78 is 33.8. The molecule has 0 aliphatic carbocycles. The summed E-state index contributed by atoms with van der Waals surface area (Å²) in [5.41, 5.74) is 2.10. The van der Waals surface area contributed by atoms with Crippen LogP contribution < -0.4 is 4.74 Å². The Balaban J connectivity index is 1.85. The number of amides is 1. The molecule has 2 aromatic rings. The number of rotatable bonds is 4. The van der Waals surface area contributed by atoms with Crippen LogP contribution in [0.15, 0.2) is 45.8 Å². The molecule has 1 saturated heterocycles. The number of hydrogen-bond acceptors (Lipinski definition) is 4. The fraction of sp³-hybridized carbons (Fsp3) is 0.316. The highest BCUT2D eigenvalue weighted by atomic mass is 79.9. The molecule has 28 heavy (non-hydrogen) atoms. The van der Waals surface area contributed by atoms with E-state index in [1.807, 2.05) is 32.0 Å². The topological polar surface area (TPSA) is 87.2 Å². The van der Waals surface area contributed by atoms with Crippen molar-refractivity contribution in [1.29, 1.82) is 0 Å². The first kappa shape index (κ1) is 20.6. The fourth-order valence-electron chi connectivity index (χ4n) is 3.14. The van der Waals surface area contributed by atoms with Crippen LogP contribution in [-0.2, 0) is 10.0 Å². The number of nitrogens with zero attached hydrogens (tertiary/aromatic N) is 2. The molecule has 0 radical (unpaired) electrons. The summed E-state index contributed by atoms with van der Waals surface area (Å²) in [4.78, 5) is 12.3. The van der Waals surface area contributed by atoms with Crippen molar-refractivity contribution in [2.75, 3.05) is 26.2 Å². The Morgan fingerprint density at radius 1 is 0.964 bits per heavy atom. The molecule has 1 aliphatic rings. The van der Waals surface area contributed by atoms with Crippen molar-refractivity contribution < 1.29 is 23.1 Å². The number of carbonyl (C=O) groups is 1. The summed E-state index contributed by atoms with van der Waals surface area (Å²) in [6, 6.07) is 10.5. The van der Waals surface area contributed by atoms with Gasteiger partial charge in [-0.1, -0.05) is 22.0 Å². The molecule has 1 N–H and O–H groups in total. The first-order chi connectivity index (χ1) is 13.1. The second-order valence-electron chi connectivity index (χ2n) is 6.72. The SMILES string of the molecule is Cc1cc(C)cc(Oc2cc(Br)cc(S(=O)(=O)N3CCN(C(=O)O)CC3)c2)c1. The van der Waals surface area contributed by atoms with Gasteiger partial charge in [0.1, 0.15) is 11.5 Å². The van der Waals surface area contributed by atoms with Crippen LogP contribution in [0.5, 0.6) is 11.5 Å². The van der Waals surface area contributed by atoms with Gasteiger partial charge in [0.2, 0.25) is 10.0 Å². The van der Waals surface area contributed by atoms with Crippen LogP contribution in [0, 0.1) is 13.8 Å². The van der Waals surface area contributed by atoms with Crippen molar-refractivity contribution in [2.24, 2.45) is 0 Å². The summed E-state index contributed by atoms with van der Waals surface area (Å²) >= 11 is 3.35. The minimum atomic E-state index is -3.76. The van der Waals surface area contributed by atoms with Gasteiger partial charge in [-0.05, 0) is 49.2 Å². The van der Waals surface area contributed by atoms with E-state index in [1.165, 1.54) is 21.3 Å². The lowest BCUT2D eigenvalue weighted by Gasteiger charge is -2.32. The molecule has 0 spiro atoms. The Kier molecular flexibility index (Phi) is 5.97. The lowest BCUT2D eigenvalue weighted by Crippen LogP contribution is -2.50. The molecule has 1 fully saturated rings. The monoisotopic (exact) mass is 468 g/mol. The molecule has 0 bridgehead atoms. The Morgan fingerprint density at radius 2 is 1.54 bits per heavy atom.